The summed E-state index contributed by atoms with van der Waals surface area (Å²) in [5.41, 5.74) is 0.353. The Morgan fingerprint density at radius 3 is 2.29 bits per heavy atom. The minimum Gasteiger partial charge on any atom is -0.381 e. The lowest BCUT2D eigenvalue weighted by Crippen LogP contribution is -2.50. The van der Waals surface area contributed by atoms with Gasteiger partial charge in [-0.2, -0.15) is 0 Å². The normalized spacial score (nSPS) is 30.3. The second-order valence-corrected chi connectivity index (χ2v) is 8.27. The smallest absolute Gasteiger partial charge is 0.0546 e. The predicted octanol–water partition coefficient (Wildman–Crippen LogP) is 2.90. The summed E-state index contributed by atoms with van der Waals surface area (Å²) in [6.45, 7) is 11.5. The van der Waals surface area contributed by atoms with Gasteiger partial charge in [0.1, 0.15) is 0 Å². The van der Waals surface area contributed by atoms with Crippen LogP contribution in [0.15, 0.2) is 0 Å². The molecule has 1 N–H and O–H groups in total. The molecule has 0 aromatic heterocycles. The highest BCUT2D eigenvalue weighted by Crippen LogP contribution is 2.36. The lowest BCUT2D eigenvalue weighted by atomic mass is 9.81. The lowest BCUT2D eigenvalue weighted by Gasteiger charge is -2.41. The molecule has 1 saturated heterocycles. The van der Waals surface area contributed by atoms with Crippen molar-refractivity contribution in [2.45, 2.75) is 58.4 Å². The number of nitrogens with one attached hydrogen (secondary N) is 1. The van der Waals surface area contributed by atoms with Gasteiger partial charge in [0.2, 0.25) is 0 Å². The average molecular weight is 294 g/mol. The molecule has 1 heterocycles. The Morgan fingerprint density at radius 2 is 1.81 bits per heavy atom. The predicted molar refractivity (Wildman–Crippen MR) is 87.5 cm³/mol. The summed E-state index contributed by atoms with van der Waals surface area (Å²) in [7, 11) is 0. The van der Waals surface area contributed by atoms with Crippen molar-refractivity contribution in [2.75, 3.05) is 39.4 Å². The Morgan fingerprint density at radius 1 is 1.14 bits per heavy atom. The van der Waals surface area contributed by atoms with Crippen molar-refractivity contribution in [3.63, 3.8) is 0 Å². The van der Waals surface area contributed by atoms with E-state index in [2.05, 4.69) is 24.1 Å². The third-order valence-corrected chi connectivity index (χ3v) is 5.27. The zero-order chi connectivity index (χ0) is 14.7. The van der Waals surface area contributed by atoms with Gasteiger partial charge in [0.05, 0.1) is 6.61 Å². The molecule has 3 rings (SSSR count). The standard InChI is InChI=1S/C18H34N2O/c1-15(2)19-12-18(8-3-9-21-14-18)13-20(10-16-4-5-16)11-17-6-7-17/h15-17,19H,3-14H2,1-2H3. The van der Waals surface area contributed by atoms with E-state index in [4.69, 9.17) is 4.74 Å². The summed E-state index contributed by atoms with van der Waals surface area (Å²) >= 11 is 0. The number of nitrogens with zero attached hydrogens (tertiary/aromatic N) is 1. The van der Waals surface area contributed by atoms with Gasteiger partial charge in [0.15, 0.2) is 0 Å². The van der Waals surface area contributed by atoms with Gasteiger partial charge in [-0.25, -0.2) is 0 Å². The molecule has 0 spiro atoms. The van der Waals surface area contributed by atoms with Gasteiger partial charge in [-0.15, -0.1) is 0 Å². The minimum atomic E-state index is 0.353. The van der Waals surface area contributed by atoms with E-state index in [1.807, 2.05) is 0 Å². The van der Waals surface area contributed by atoms with Gasteiger partial charge < -0.3 is 15.0 Å². The first-order valence-electron chi connectivity index (χ1n) is 9.19. The van der Waals surface area contributed by atoms with Crippen molar-refractivity contribution in [1.82, 2.24) is 10.2 Å². The van der Waals surface area contributed by atoms with Crippen LogP contribution in [0, 0.1) is 17.3 Å². The molecule has 1 aliphatic heterocycles. The Kier molecular flexibility index (Phi) is 5.23. The van der Waals surface area contributed by atoms with Gasteiger partial charge >= 0.3 is 0 Å². The topological polar surface area (TPSA) is 24.5 Å². The molecule has 0 aromatic rings. The van der Waals surface area contributed by atoms with Crippen molar-refractivity contribution in [1.29, 1.82) is 0 Å². The molecule has 0 bridgehead atoms. The lowest BCUT2D eigenvalue weighted by molar-refractivity contribution is -0.0283. The summed E-state index contributed by atoms with van der Waals surface area (Å²) in [6.07, 6.45) is 8.44. The maximum atomic E-state index is 5.89. The molecule has 1 unspecified atom stereocenters. The molecule has 21 heavy (non-hydrogen) atoms. The quantitative estimate of drug-likeness (QED) is 0.707. The Labute approximate surface area is 130 Å². The summed E-state index contributed by atoms with van der Waals surface area (Å²) in [4.78, 5) is 2.80. The fourth-order valence-electron chi connectivity index (χ4n) is 3.66. The molecule has 1 atom stereocenters. The fraction of sp³-hybridized carbons (Fsp3) is 1.00. The summed E-state index contributed by atoms with van der Waals surface area (Å²) in [5.74, 6) is 2.01. The van der Waals surface area contributed by atoms with Crippen LogP contribution in [0.4, 0.5) is 0 Å². The van der Waals surface area contributed by atoms with Crippen LogP contribution in [0.5, 0.6) is 0 Å². The van der Waals surface area contributed by atoms with E-state index in [-0.39, 0.29) is 0 Å². The van der Waals surface area contributed by atoms with Crippen LogP contribution in [-0.4, -0.2) is 50.3 Å². The van der Waals surface area contributed by atoms with Crippen LogP contribution < -0.4 is 5.32 Å². The highest BCUT2D eigenvalue weighted by molar-refractivity contribution is 4.91. The van der Waals surface area contributed by atoms with Crippen LogP contribution in [0.1, 0.15) is 52.4 Å². The Balaban J connectivity index is 1.58. The maximum absolute atomic E-state index is 5.89. The molecule has 0 aromatic carbocycles. The van der Waals surface area contributed by atoms with Crippen LogP contribution >= 0.6 is 0 Å². The first-order valence-corrected chi connectivity index (χ1v) is 9.19. The molecule has 122 valence electrons. The number of hydrogen-bond acceptors (Lipinski definition) is 3. The largest absolute Gasteiger partial charge is 0.381 e. The molecular formula is C18H34N2O. The van der Waals surface area contributed by atoms with Crippen LogP contribution in [0.3, 0.4) is 0 Å². The molecule has 2 saturated carbocycles. The fourth-order valence-corrected chi connectivity index (χ4v) is 3.66. The van der Waals surface area contributed by atoms with E-state index in [9.17, 15) is 0 Å². The van der Waals surface area contributed by atoms with E-state index in [0.29, 0.717) is 11.5 Å². The van der Waals surface area contributed by atoms with Gasteiger partial charge in [0.25, 0.3) is 0 Å². The maximum Gasteiger partial charge on any atom is 0.0546 e. The van der Waals surface area contributed by atoms with E-state index in [0.717, 1.165) is 31.6 Å². The number of rotatable bonds is 9. The number of hydrogen-bond donors (Lipinski definition) is 1. The van der Waals surface area contributed by atoms with Crippen LogP contribution in [-0.2, 0) is 4.74 Å². The molecule has 3 heteroatoms. The summed E-state index contributed by atoms with van der Waals surface area (Å²) < 4.78 is 5.89. The van der Waals surface area contributed by atoms with Crippen molar-refractivity contribution < 1.29 is 4.74 Å². The van der Waals surface area contributed by atoms with E-state index >= 15 is 0 Å². The molecular weight excluding hydrogens is 260 g/mol. The molecule has 3 nitrogen and oxygen atoms in total. The minimum absolute atomic E-state index is 0.353. The molecule has 3 aliphatic rings. The van der Waals surface area contributed by atoms with Crippen molar-refractivity contribution in [3.05, 3.63) is 0 Å². The second kappa shape index (κ2) is 6.97. The van der Waals surface area contributed by atoms with Crippen LogP contribution in [0.25, 0.3) is 0 Å². The molecule has 2 aliphatic carbocycles. The van der Waals surface area contributed by atoms with Gasteiger partial charge in [-0.05, 0) is 50.4 Å². The third kappa shape index (κ3) is 5.22. The van der Waals surface area contributed by atoms with Gasteiger partial charge in [-0.1, -0.05) is 13.8 Å². The van der Waals surface area contributed by atoms with Gasteiger partial charge in [0, 0.05) is 44.2 Å². The first-order chi connectivity index (χ1) is 10.2. The average Bonchev–Trinajstić information content (AvgIpc) is 3.34. The first kappa shape index (κ1) is 15.8. The molecule has 0 radical (unpaired) electrons. The highest BCUT2D eigenvalue weighted by Gasteiger charge is 2.37. The van der Waals surface area contributed by atoms with Gasteiger partial charge in [-0.3, -0.25) is 0 Å². The van der Waals surface area contributed by atoms with Crippen molar-refractivity contribution in [3.8, 4) is 0 Å². The highest BCUT2D eigenvalue weighted by atomic mass is 16.5. The SMILES string of the molecule is CC(C)NCC1(CN(CC2CC2)CC2CC2)CCCOC1. The van der Waals surface area contributed by atoms with E-state index < -0.39 is 0 Å². The zero-order valence-corrected chi connectivity index (χ0v) is 14.1. The molecule has 3 fully saturated rings. The Bertz CT molecular complexity index is 303. The van der Waals surface area contributed by atoms with E-state index in [1.165, 1.54) is 58.2 Å². The summed E-state index contributed by atoms with van der Waals surface area (Å²) in [5, 5.41) is 3.69. The molecule has 0 amide bonds. The third-order valence-electron chi connectivity index (χ3n) is 5.27. The monoisotopic (exact) mass is 294 g/mol. The van der Waals surface area contributed by atoms with E-state index in [1.54, 1.807) is 0 Å². The van der Waals surface area contributed by atoms with Crippen LogP contribution in [0.2, 0.25) is 0 Å². The second-order valence-electron chi connectivity index (χ2n) is 8.27. The number of ether oxygens (including phenoxy) is 1. The Hall–Kier alpha value is -0.120. The summed E-state index contributed by atoms with van der Waals surface area (Å²) in [6, 6.07) is 0.573. The van der Waals surface area contributed by atoms with Crippen molar-refractivity contribution in [2.24, 2.45) is 17.3 Å². The zero-order valence-electron chi connectivity index (χ0n) is 14.1. The van der Waals surface area contributed by atoms with Crippen molar-refractivity contribution >= 4 is 0 Å².